The van der Waals surface area contributed by atoms with Crippen LogP contribution in [0.2, 0.25) is 0 Å². The van der Waals surface area contributed by atoms with E-state index in [1.54, 1.807) is 24.3 Å². The van der Waals surface area contributed by atoms with Crippen molar-refractivity contribution in [1.29, 1.82) is 0 Å². The number of amides is 1. The molecule has 0 heterocycles. The van der Waals surface area contributed by atoms with Gasteiger partial charge in [-0.2, -0.15) is 0 Å². The molecule has 0 aliphatic carbocycles. The molecular formula is C18H16Br2N4O5. The number of rotatable bonds is 6. The van der Waals surface area contributed by atoms with Gasteiger partial charge in [0.05, 0.1) is 16.4 Å². The highest BCUT2D eigenvalue weighted by molar-refractivity contribution is 9.08. The summed E-state index contributed by atoms with van der Waals surface area (Å²) >= 11 is 6.33. The van der Waals surface area contributed by atoms with E-state index in [1.807, 2.05) is 0 Å². The number of nitro benzene ring substituents is 2. The first-order chi connectivity index (χ1) is 13.7. The topological polar surface area (TPSA) is 120 Å². The SMILES string of the molecule is CC(=O)NCc1ccc(CBr)c([N+](=O)[O-])c1.[C-]#[N+]c1ccc(CBr)c([N+](=O)[O-])c1. The van der Waals surface area contributed by atoms with Crippen LogP contribution in [0.5, 0.6) is 0 Å². The molecule has 0 aliphatic rings. The van der Waals surface area contributed by atoms with Crippen LogP contribution in [-0.2, 0) is 22.0 Å². The molecule has 0 atom stereocenters. The van der Waals surface area contributed by atoms with Crippen LogP contribution < -0.4 is 5.32 Å². The highest BCUT2D eigenvalue weighted by Crippen LogP contribution is 2.26. The normalized spacial score (nSPS) is 9.59. The molecular weight excluding hydrogens is 512 g/mol. The van der Waals surface area contributed by atoms with Gasteiger partial charge in [0.2, 0.25) is 5.91 Å². The van der Waals surface area contributed by atoms with Gasteiger partial charge in [0.25, 0.3) is 11.4 Å². The lowest BCUT2D eigenvalue weighted by Crippen LogP contribution is -2.18. The second-order valence-electron chi connectivity index (χ2n) is 5.58. The summed E-state index contributed by atoms with van der Waals surface area (Å²) in [5.41, 5.74) is 2.27. The van der Waals surface area contributed by atoms with Crippen molar-refractivity contribution in [3.8, 4) is 0 Å². The average molecular weight is 528 g/mol. The van der Waals surface area contributed by atoms with Crippen LogP contribution in [0.3, 0.4) is 0 Å². The van der Waals surface area contributed by atoms with E-state index in [1.165, 1.54) is 19.1 Å². The second kappa shape index (κ2) is 11.9. The monoisotopic (exact) mass is 526 g/mol. The number of hydrogen-bond acceptors (Lipinski definition) is 5. The lowest BCUT2D eigenvalue weighted by atomic mass is 10.1. The van der Waals surface area contributed by atoms with E-state index >= 15 is 0 Å². The highest BCUT2D eigenvalue weighted by Gasteiger charge is 2.14. The number of carbonyl (C=O) groups is 1. The van der Waals surface area contributed by atoms with Crippen molar-refractivity contribution in [1.82, 2.24) is 5.32 Å². The van der Waals surface area contributed by atoms with E-state index in [0.717, 1.165) is 0 Å². The van der Waals surface area contributed by atoms with E-state index in [4.69, 9.17) is 6.57 Å². The smallest absolute Gasteiger partial charge is 0.273 e. The lowest BCUT2D eigenvalue weighted by Gasteiger charge is -2.04. The van der Waals surface area contributed by atoms with Gasteiger partial charge in [-0.25, -0.2) is 4.85 Å². The zero-order valence-corrected chi connectivity index (χ0v) is 18.4. The van der Waals surface area contributed by atoms with Gasteiger partial charge < -0.3 is 5.32 Å². The molecule has 2 aromatic carbocycles. The van der Waals surface area contributed by atoms with Crippen molar-refractivity contribution < 1.29 is 14.6 Å². The summed E-state index contributed by atoms with van der Waals surface area (Å²) in [4.78, 5) is 34.2. The van der Waals surface area contributed by atoms with Crippen molar-refractivity contribution in [2.75, 3.05) is 0 Å². The van der Waals surface area contributed by atoms with Crippen LogP contribution in [0.25, 0.3) is 4.85 Å². The summed E-state index contributed by atoms with van der Waals surface area (Å²) < 4.78 is 0. The third kappa shape index (κ3) is 7.59. The van der Waals surface area contributed by atoms with Crippen molar-refractivity contribution in [3.05, 3.63) is 84.7 Å². The molecule has 0 unspecified atom stereocenters. The third-order valence-electron chi connectivity index (χ3n) is 3.57. The van der Waals surface area contributed by atoms with Gasteiger partial charge in [0.15, 0.2) is 5.69 Å². The molecule has 0 fully saturated rings. The van der Waals surface area contributed by atoms with Gasteiger partial charge >= 0.3 is 0 Å². The van der Waals surface area contributed by atoms with Crippen molar-refractivity contribution in [2.45, 2.75) is 24.1 Å². The number of nitrogens with zero attached hydrogens (tertiary/aromatic N) is 3. The predicted molar refractivity (Wildman–Crippen MR) is 115 cm³/mol. The van der Waals surface area contributed by atoms with E-state index < -0.39 is 9.85 Å². The molecule has 0 radical (unpaired) electrons. The average Bonchev–Trinajstić information content (AvgIpc) is 2.71. The summed E-state index contributed by atoms with van der Waals surface area (Å²) in [6.07, 6.45) is 0. The number of hydrogen-bond donors (Lipinski definition) is 1. The molecule has 9 nitrogen and oxygen atoms in total. The summed E-state index contributed by atoms with van der Waals surface area (Å²) in [6, 6.07) is 9.36. The first-order valence-electron chi connectivity index (χ1n) is 8.00. The molecule has 0 spiro atoms. The van der Waals surface area contributed by atoms with E-state index in [9.17, 15) is 25.0 Å². The molecule has 11 heteroatoms. The zero-order chi connectivity index (χ0) is 22.0. The predicted octanol–water partition coefficient (Wildman–Crippen LogP) is 5.17. The summed E-state index contributed by atoms with van der Waals surface area (Å²) in [6.45, 7) is 8.41. The fraction of sp³-hybridized carbons (Fsp3) is 0.222. The number of benzene rings is 2. The van der Waals surface area contributed by atoms with Crippen LogP contribution in [0, 0.1) is 26.8 Å². The molecule has 1 N–H and O–H groups in total. The van der Waals surface area contributed by atoms with E-state index in [-0.39, 0.29) is 23.0 Å². The number of alkyl halides is 2. The van der Waals surface area contributed by atoms with E-state index in [0.29, 0.717) is 33.9 Å². The molecule has 0 saturated heterocycles. The van der Waals surface area contributed by atoms with Gasteiger partial charge in [0.1, 0.15) is 0 Å². The maximum Gasteiger partial charge on any atom is 0.273 e. The Labute approximate surface area is 183 Å². The number of halogens is 2. The van der Waals surface area contributed by atoms with Crippen molar-refractivity contribution in [3.63, 3.8) is 0 Å². The third-order valence-corrected chi connectivity index (χ3v) is 4.78. The Bertz CT molecular complexity index is 960. The molecule has 0 bridgehead atoms. The van der Waals surface area contributed by atoms with Gasteiger partial charge in [-0.1, -0.05) is 56.1 Å². The highest BCUT2D eigenvalue weighted by atomic mass is 79.9. The van der Waals surface area contributed by atoms with Gasteiger partial charge in [-0.15, -0.1) is 0 Å². The molecule has 2 rings (SSSR count). The largest absolute Gasteiger partial charge is 0.352 e. The fourth-order valence-electron chi connectivity index (χ4n) is 2.13. The minimum atomic E-state index is -0.481. The zero-order valence-electron chi connectivity index (χ0n) is 15.2. The standard InChI is InChI=1S/C10H11BrN2O3.C8H5BrN2O2/c1-7(14)12-6-8-2-3-9(5-11)10(4-8)13(15)16;1-10-7-3-2-6(5-9)8(4-7)11(12)13/h2-4H,5-6H2,1H3,(H,12,14);2-4H,5H2. The van der Waals surface area contributed by atoms with Crippen molar-refractivity contribution >= 4 is 54.8 Å². The van der Waals surface area contributed by atoms with Gasteiger partial charge in [0, 0.05) is 47.4 Å². The quantitative estimate of drug-likeness (QED) is 0.240. The molecule has 2 aromatic rings. The van der Waals surface area contributed by atoms with Gasteiger partial charge in [-0.05, 0) is 5.56 Å². The Balaban J connectivity index is 0.000000296. The fourth-order valence-corrected chi connectivity index (χ4v) is 3.08. The Hall–Kier alpha value is -2.84. The van der Waals surface area contributed by atoms with Crippen LogP contribution in [0.4, 0.5) is 17.1 Å². The molecule has 152 valence electrons. The first-order valence-corrected chi connectivity index (χ1v) is 10.2. The molecule has 0 saturated carbocycles. The Morgan fingerprint density at radius 3 is 2.00 bits per heavy atom. The minimum Gasteiger partial charge on any atom is -0.352 e. The maximum absolute atomic E-state index is 10.8. The number of carbonyl (C=O) groups excluding carboxylic acids is 1. The summed E-state index contributed by atoms with van der Waals surface area (Å²) in [7, 11) is 0. The number of nitrogens with one attached hydrogen (secondary N) is 1. The summed E-state index contributed by atoms with van der Waals surface area (Å²) in [5.74, 6) is -0.160. The minimum absolute atomic E-state index is 0.00891. The summed E-state index contributed by atoms with van der Waals surface area (Å²) in [5, 5.41) is 24.7. The second-order valence-corrected chi connectivity index (χ2v) is 6.70. The lowest BCUT2D eigenvalue weighted by molar-refractivity contribution is -0.385. The van der Waals surface area contributed by atoms with Crippen LogP contribution in [0.15, 0.2) is 36.4 Å². The Morgan fingerprint density at radius 2 is 1.55 bits per heavy atom. The van der Waals surface area contributed by atoms with Crippen LogP contribution >= 0.6 is 31.9 Å². The molecule has 29 heavy (non-hydrogen) atoms. The van der Waals surface area contributed by atoms with Crippen LogP contribution in [0.1, 0.15) is 23.6 Å². The van der Waals surface area contributed by atoms with E-state index in [2.05, 4.69) is 42.0 Å². The molecule has 1 amide bonds. The van der Waals surface area contributed by atoms with Crippen LogP contribution in [-0.4, -0.2) is 15.8 Å². The Kier molecular flexibility index (Phi) is 9.91. The maximum atomic E-state index is 10.8. The van der Waals surface area contributed by atoms with Gasteiger partial charge in [-0.3, -0.25) is 25.0 Å². The molecule has 0 aromatic heterocycles. The van der Waals surface area contributed by atoms with Crippen molar-refractivity contribution in [2.24, 2.45) is 0 Å². The Morgan fingerprint density at radius 1 is 1.03 bits per heavy atom. The first kappa shape index (κ1) is 24.2. The number of nitro groups is 2. The molecule has 0 aliphatic heterocycles.